The maximum absolute atomic E-state index is 6.02. The van der Waals surface area contributed by atoms with E-state index in [0.29, 0.717) is 12.0 Å². The van der Waals surface area contributed by atoms with E-state index in [-0.39, 0.29) is 0 Å². The minimum Gasteiger partial charge on any atom is -0.378 e. The van der Waals surface area contributed by atoms with Crippen LogP contribution in [0.25, 0.3) is 0 Å². The minimum atomic E-state index is 0.440. The van der Waals surface area contributed by atoms with Crippen LogP contribution in [0, 0.1) is 11.8 Å². The summed E-state index contributed by atoms with van der Waals surface area (Å²) in [4.78, 5) is 0. The van der Waals surface area contributed by atoms with Crippen LogP contribution in [0.15, 0.2) is 0 Å². The molecule has 1 aliphatic carbocycles. The summed E-state index contributed by atoms with van der Waals surface area (Å²) in [7, 11) is 0. The molecule has 96 valence electrons. The molecule has 0 heterocycles. The predicted molar refractivity (Wildman–Crippen MR) is 69.4 cm³/mol. The minimum absolute atomic E-state index is 0.440. The normalized spacial score (nSPS) is 30.6. The van der Waals surface area contributed by atoms with Gasteiger partial charge in [0.25, 0.3) is 0 Å². The number of ether oxygens (including phenoxy) is 1. The molecule has 0 aromatic carbocycles. The first-order valence-electron chi connectivity index (χ1n) is 7.09. The van der Waals surface area contributed by atoms with Crippen LogP contribution in [-0.2, 0) is 4.74 Å². The zero-order valence-corrected chi connectivity index (χ0v) is 11.1. The van der Waals surface area contributed by atoms with Crippen molar-refractivity contribution in [1.29, 1.82) is 0 Å². The second-order valence-corrected chi connectivity index (χ2v) is 5.38. The molecule has 2 N–H and O–H groups in total. The Hall–Kier alpha value is -0.0800. The van der Waals surface area contributed by atoms with Crippen molar-refractivity contribution < 1.29 is 4.74 Å². The molecule has 0 radical (unpaired) electrons. The van der Waals surface area contributed by atoms with Crippen LogP contribution in [0.1, 0.15) is 58.8 Å². The van der Waals surface area contributed by atoms with E-state index in [0.717, 1.165) is 19.1 Å². The maximum atomic E-state index is 6.02. The molecule has 0 bridgehead atoms. The molecule has 0 aliphatic heterocycles. The second-order valence-electron chi connectivity index (χ2n) is 5.38. The first kappa shape index (κ1) is 14.0. The molecule has 0 spiro atoms. The lowest BCUT2D eigenvalue weighted by atomic mass is 9.80. The highest BCUT2D eigenvalue weighted by Crippen LogP contribution is 2.30. The van der Waals surface area contributed by atoms with Crippen molar-refractivity contribution in [2.45, 2.75) is 64.9 Å². The summed E-state index contributed by atoms with van der Waals surface area (Å²) in [5, 5.41) is 0. The third-order valence-electron chi connectivity index (χ3n) is 3.82. The zero-order chi connectivity index (χ0) is 11.8. The molecule has 3 unspecified atom stereocenters. The van der Waals surface area contributed by atoms with Crippen molar-refractivity contribution >= 4 is 0 Å². The first-order valence-corrected chi connectivity index (χ1v) is 7.09. The highest BCUT2D eigenvalue weighted by molar-refractivity contribution is 4.79. The third-order valence-corrected chi connectivity index (χ3v) is 3.82. The average molecular weight is 227 g/mol. The van der Waals surface area contributed by atoms with Crippen molar-refractivity contribution in [3.8, 4) is 0 Å². The SMILES string of the molecule is CCCCCCOC1CC(C)CCC1CN. The van der Waals surface area contributed by atoms with E-state index in [1.54, 1.807) is 0 Å². The van der Waals surface area contributed by atoms with Gasteiger partial charge < -0.3 is 10.5 Å². The monoisotopic (exact) mass is 227 g/mol. The lowest BCUT2D eigenvalue weighted by molar-refractivity contribution is -0.0222. The fourth-order valence-electron chi connectivity index (χ4n) is 2.63. The summed E-state index contributed by atoms with van der Waals surface area (Å²) in [6, 6.07) is 0. The molecule has 2 heteroatoms. The van der Waals surface area contributed by atoms with E-state index in [1.165, 1.54) is 44.9 Å². The molecule has 0 aromatic rings. The Labute approximate surface area is 101 Å². The number of nitrogens with two attached hydrogens (primary N) is 1. The fourth-order valence-corrected chi connectivity index (χ4v) is 2.63. The predicted octanol–water partition coefficient (Wildman–Crippen LogP) is 3.35. The van der Waals surface area contributed by atoms with E-state index in [1.807, 2.05) is 0 Å². The van der Waals surface area contributed by atoms with Crippen LogP contribution in [-0.4, -0.2) is 19.3 Å². The van der Waals surface area contributed by atoms with Gasteiger partial charge in [-0.1, -0.05) is 39.5 Å². The van der Waals surface area contributed by atoms with Crippen molar-refractivity contribution in [1.82, 2.24) is 0 Å². The van der Waals surface area contributed by atoms with Crippen LogP contribution >= 0.6 is 0 Å². The van der Waals surface area contributed by atoms with Gasteiger partial charge in [0, 0.05) is 6.61 Å². The van der Waals surface area contributed by atoms with Gasteiger partial charge in [0.1, 0.15) is 0 Å². The maximum Gasteiger partial charge on any atom is 0.0617 e. The fraction of sp³-hybridized carbons (Fsp3) is 1.00. The van der Waals surface area contributed by atoms with Gasteiger partial charge in [-0.25, -0.2) is 0 Å². The van der Waals surface area contributed by atoms with Crippen LogP contribution in [0.2, 0.25) is 0 Å². The second kappa shape index (κ2) is 8.08. The van der Waals surface area contributed by atoms with Gasteiger partial charge in [0.15, 0.2) is 0 Å². The summed E-state index contributed by atoms with van der Waals surface area (Å²) >= 11 is 0. The number of hydrogen-bond donors (Lipinski definition) is 1. The zero-order valence-electron chi connectivity index (χ0n) is 11.1. The molecule has 0 saturated heterocycles. The highest BCUT2D eigenvalue weighted by atomic mass is 16.5. The molecule has 16 heavy (non-hydrogen) atoms. The van der Waals surface area contributed by atoms with Gasteiger partial charge in [0.2, 0.25) is 0 Å². The molecule has 0 amide bonds. The molecule has 1 fully saturated rings. The van der Waals surface area contributed by atoms with Crippen molar-refractivity contribution in [2.24, 2.45) is 17.6 Å². The topological polar surface area (TPSA) is 35.2 Å². The van der Waals surface area contributed by atoms with Gasteiger partial charge in [-0.05, 0) is 37.6 Å². The number of unbranched alkanes of at least 4 members (excludes halogenated alkanes) is 3. The number of rotatable bonds is 7. The van der Waals surface area contributed by atoms with Gasteiger partial charge in [-0.2, -0.15) is 0 Å². The summed E-state index contributed by atoms with van der Waals surface area (Å²) in [6.07, 6.45) is 9.42. The van der Waals surface area contributed by atoms with E-state index in [2.05, 4.69) is 13.8 Å². The Morgan fingerprint density at radius 2 is 2.00 bits per heavy atom. The summed E-state index contributed by atoms with van der Waals surface area (Å²) in [5.41, 5.74) is 5.81. The van der Waals surface area contributed by atoms with Gasteiger partial charge in [-0.15, -0.1) is 0 Å². The lowest BCUT2D eigenvalue weighted by Crippen LogP contribution is -2.36. The summed E-state index contributed by atoms with van der Waals surface area (Å²) < 4.78 is 6.02. The molecule has 1 saturated carbocycles. The van der Waals surface area contributed by atoms with Gasteiger partial charge >= 0.3 is 0 Å². The quantitative estimate of drug-likeness (QED) is 0.677. The summed E-state index contributed by atoms with van der Waals surface area (Å²) in [5.74, 6) is 1.44. The largest absolute Gasteiger partial charge is 0.378 e. The average Bonchev–Trinajstić information content (AvgIpc) is 2.29. The Morgan fingerprint density at radius 3 is 2.69 bits per heavy atom. The van der Waals surface area contributed by atoms with E-state index >= 15 is 0 Å². The first-order chi connectivity index (χ1) is 7.77. The van der Waals surface area contributed by atoms with E-state index in [9.17, 15) is 0 Å². The molecule has 1 aliphatic rings. The smallest absolute Gasteiger partial charge is 0.0617 e. The molecule has 2 nitrogen and oxygen atoms in total. The van der Waals surface area contributed by atoms with E-state index < -0.39 is 0 Å². The highest BCUT2D eigenvalue weighted by Gasteiger charge is 2.27. The standard InChI is InChI=1S/C14H29NO/c1-3-4-5-6-9-16-14-10-12(2)7-8-13(14)11-15/h12-14H,3-11,15H2,1-2H3. The van der Waals surface area contributed by atoms with Crippen LogP contribution in [0.3, 0.4) is 0 Å². The molecule has 3 atom stereocenters. The Kier molecular flexibility index (Phi) is 7.06. The third kappa shape index (κ3) is 4.84. The Morgan fingerprint density at radius 1 is 1.19 bits per heavy atom. The van der Waals surface area contributed by atoms with Crippen molar-refractivity contribution in [3.05, 3.63) is 0 Å². The number of hydrogen-bond acceptors (Lipinski definition) is 2. The van der Waals surface area contributed by atoms with Gasteiger partial charge in [0.05, 0.1) is 6.10 Å². The Balaban J connectivity index is 2.16. The summed E-state index contributed by atoms with van der Waals surface area (Å²) in [6.45, 7) is 6.31. The van der Waals surface area contributed by atoms with E-state index in [4.69, 9.17) is 10.5 Å². The van der Waals surface area contributed by atoms with Crippen molar-refractivity contribution in [2.75, 3.05) is 13.2 Å². The molecule has 0 aromatic heterocycles. The molecule has 1 rings (SSSR count). The molecular weight excluding hydrogens is 198 g/mol. The van der Waals surface area contributed by atoms with Crippen LogP contribution < -0.4 is 5.73 Å². The lowest BCUT2D eigenvalue weighted by Gasteiger charge is -2.34. The van der Waals surface area contributed by atoms with Crippen molar-refractivity contribution in [3.63, 3.8) is 0 Å². The van der Waals surface area contributed by atoms with Crippen LogP contribution in [0.4, 0.5) is 0 Å². The van der Waals surface area contributed by atoms with Crippen LogP contribution in [0.5, 0.6) is 0 Å². The Bertz CT molecular complexity index is 172. The molecular formula is C14H29NO. The van der Waals surface area contributed by atoms with Gasteiger partial charge in [-0.3, -0.25) is 0 Å².